The first kappa shape index (κ1) is 13.4. The van der Waals surface area contributed by atoms with Crippen LogP contribution in [-0.2, 0) is 16.0 Å². The Morgan fingerprint density at radius 2 is 1.76 bits per heavy atom. The summed E-state index contributed by atoms with van der Waals surface area (Å²) in [6.45, 7) is 0. The molecule has 2 aromatic carbocycles. The van der Waals surface area contributed by atoms with E-state index in [1.807, 2.05) is 60.7 Å². The lowest BCUT2D eigenvalue weighted by Gasteiger charge is -2.06. The Bertz CT molecular complexity index is 657. The molecule has 0 aromatic heterocycles. The number of hydrogen-bond acceptors (Lipinski definition) is 3. The smallest absolute Gasteiger partial charge is 0.318 e. The summed E-state index contributed by atoms with van der Waals surface area (Å²) in [5.74, 6) is 1.05. The van der Waals surface area contributed by atoms with Crippen molar-refractivity contribution < 1.29 is 14.3 Å². The average molecular weight is 280 g/mol. The predicted molar refractivity (Wildman–Crippen MR) is 80.7 cm³/mol. The summed E-state index contributed by atoms with van der Waals surface area (Å²) in [7, 11) is 1.64. The fraction of sp³-hybridized carbons (Fsp3) is 0.167. The number of methoxy groups -OCH3 is 1. The van der Waals surface area contributed by atoms with E-state index in [-0.39, 0.29) is 11.9 Å². The van der Waals surface area contributed by atoms with Crippen LogP contribution < -0.4 is 4.74 Å². The highest BCUT2D eigenvalue weighted by Gasteiger charge is 2.27. The third-order valence-corrected chi connectivity index (χ3v) is 3.54. The summed E-state index contributed by atoms with van der Waals surface area (Å²) >= 11 is 0. The van der Waals surface area contributed by atoms with Crippen LogP contribution in [0.25, 0.3) is 5.76 Å². The molecular weight excluding hydrogens is 264 g/mol. The van der Waals surface area contributed by atoms with Crippen molar-refractivity contribution in [3.63, 3.8) is 0 Å². The lowest BCUT2D eigenvalue weighted by molar-refractivity contribution is -0.137. The monoisotopic (exact) mass is 280 g/mol. The second-order valence-electron chi connectivity index (χ2n) is 4.98. The van der Waals surface area contributed by atoms with Crippen LogP contribution in [0.1, 0.15) is 11.1 Å². The zero-order valence-electron chi connectivity index (χ0n) is 11.8. The van der Waals surface area contributed by atoms with Gasteiger partial charge in [0.15, 0.2) is 0 Å². The second-order valence-corrected chi connectivity index (χ2v) is 4.98. The van der Waals surface area contributed by atoms with Crippen molar-refractivity contribution in [2.24, 2.45) is 5.92 Å². The lowest BCUT2D eigenvalue weighted by Crippen LogP contribution is -2.11. The lowest BCUT2D eigenvalue weighted by atomic mass is 9.99. The highest BCUT2D eigenvalue weighted by Crippen LogP contribution is 2.28. The Hall–Kier alpha value is -2.55. The van der Waals surface area contributed by atoms with Gasteiger partial charge in [-0.3, -0.25) is 4.79 Å². The maximum absolute atomic E-state index is 12.0. The first-order valence-electron chi connectivity index (χ1n) is 6.88. The zero-order chi connectivity index (χ0) is 14.7. The van der Waals surface area contributed by atoms with Gasteiger partial charge in [-0.1, -0.05) is 42.5 Å². The van der Waals surface area contributed by atoms with Crippen LogP contribution in [0.3, 0.4) is 0 Å². The number of benzene rings is 2. The molecule has 0 unspecified atom stereocenters. The normalized spacial score (nSPS) is 17.3. The summed E-state index contributed by atoms with van der Waals surface area (Å²) < 4.78 is 10.5. The minimum atomic E-state index is -0.228. The number of carbonyl (C=O) groups excluding carboxylic acids is 1. The molecule has 1 heterocycles. The highest BCUT2D eigenvalue weighted by molar-refractivity contribution is 5.88. The van der Waals surface area contributed by atoms with E-state index in [1.165, 1.54) is 0 Å². The summed E-state index contributed by atoms with van der Waals surface area (Å²) in [5.41, 5.74) is 2.02. The molecule has 0 spiro atoms. The van der Waals surface area contributed by atoms with Crippen molar-refractivity contribution in [3.05, 3.63) is 71.8 Å². The summed E-state index contributed by atoms with van der Waals surface area (Å²) in [6.07, 6.45) is 2.54. The topological polar surface area (TPSA) is 35.5 Å². The molecule has 0 saturated carbocycles. The van der Waals surface area contributed by atoms with Gasteiger partial charge >= 0.3 is 5.97 Å². The van der Waals surface area contributed by atoms with Crippen molar-refractivity contribution >= 4 is 11.7 Å². The van der Waals surface area contributed by atoms with E-state index in [4.69, 9.17) is 9.47 Å². The molecule has 0 amide bonds. The fourth-order valence-corrected chi connectivity index (χ4v) is 2.38. The average Bonchev–Trinajstić information content (AvgIpc) is 2.90. The molecule has 0 fully saturated rings. The van der Waals surface area contributed by atoms with Gasteiger partial charge in [0, 0.05) is 5.56 Å². The minimum Gasteiger partial charge on any atom is -0.497 e. The van der Waals surface area contributed by atoms with Crippen LogP contribution >= 0.6 is 0 Å². The second kappa shape index (κ2) is 5.83. The van der Waals surface area contributed by atoms with Crippen LogP contribution in [0.15, 0.2) is 60.7 Å². The van der Waals surface area contributed by atoms with Gasteiger partial charge in [0.1, 0.15) is 11.5 Å². The molecule has 0 N–H and O–H groups in total. The van der Waals surface area contributed by atoms with Crippen molar-refractivity contribution in [3.8, 4) is 5.75 Å². The number of rotatable bonds is 4. The Morgan fingerprint density at radius 3 is 2.43 bits per heavy atom. The van der Waals surface area contributed by atoms with Crippen molar-refractivity contribution in [1.82, 2.24) is 0 Å². The molecule has 1 atom stereocenters. The van der Waals surface area contributed by atoms with Gasteiger partial charge in [-0.2, -0.15) is 0 Å². The summed E-state index contributed by atoms with van der Waals surface area (Å²) in [6, 6.07) is 17.4. The van der Waals surface area contributed by atoms with Crippen LogP contribution in [0.2, 0.25) is 0 Å². The fourth-order valence-electron chi connectivity index (χ4n) is 2.38. The molecule has 3 nitrogen and oxygen atoms in total. The van der Waals surface area contributed by atoms with Gasteiger partial charge < -0.3 is 9.47 Å². The van der Waals surface area contributed by atoms with Crippen LogP contribution in [0.4, 0.5) is 0 Å². The summed E-state index contributed by atoms with van der Waals surface area (Å²) in [5, 5.41) is 0. The molecule has 0 aliphatic carbocycles. The van der Waals surface area contributed by atoms with Crippen molar-refractivity contribution in [1.29, 1.82) is 0 Å². The highest BCUT2D eigenvalue weighted by atomic mass is 16.5. The number of ether oxygens (including phenoxy) is 2. The predicted octanol–water partition coefficient (Wildman–Crippen LogP) is 3.45. The number of esters is 1. The van der Waals surface area contributed by atoms with E-state index >= 15 is 0 Å². The molecule has 21 heavy (non-hydrogen) atoms. The molecular formula is C18H16O3. The van der Waals surface area contributed by atoms with Gasteiger partial charge in [0.05, 0.1) is 13.0 Å². The third-order valence-electron chi connectivity index (χ3n) is 3.54. The van der Waals surface area contributed by atoms with Gasteiger partial charge in [-0.25, -0.2) is 0 Å². The van der Waals surface area contributed by atoms with Gasteiger partial charge in [-0.05, 0) is 30.2 Å². The molecule has 1 aliphatic heterocycles. The molecule has 2 aromatic rings. The third kappa shape index (κ3) is 2.97. The molecule has 1 aliphatic rings. The van der Waals surface area contributed by atoms with Gasteiger partial charge in [0.2, 0.25) is 0 Å². The van der Waals surface area contributed by atoms with E-state index < -0.39 is 0 Å². The largest absolute Gasteiger partial charge is 0.497 e. The maximum Gasteiger partial charge on any atom is 0.318 e. The van der Waals surface area contributed by atoms with Crippen LogP contribution in [0.5, 0.6) is 5.75 Å². The maximum atomic E-state index is 12.0. The number of hydrogen-bond donors (Lipinski definition) is 0. The van der Waals surface area contributed by atoms with Gasteiger partial charge in [0.25, 0.3) is 0 Å². The Kier molecular flexibility index (Phi) is 3.73. The Morgan fingerprint density at radius 1 is 1.05 bits per heavy atom. The molecule has 0 radical (unpaired) electrons. The van der Waals surface area contributed by atoms with E-state index in [9.17, 15) is 4.79 Å². The van der Waals surface area contributed by atoms with Crippen LogP contribution in [0, 0.1) is 5.92 Å². The molecule has 3 rings (SSSR count). The van der Waals surface area contributed by atoms with Gasteiger partial charge in [-0.15, -0.1) is 0 Å². The first-order valence-corrected chi connectivity index (χ1v) is 6.88. The molecule has 0 bridgehead atoms. The quantitative estimate of drug-likeness (QED) is 0.805. The Labute approximate surface area is 123 Å². The standard InChI is InChI=1S/C18H16O3/c1-20-16-9-7-13(8-10-16)11-15-12-17(21-18(15)19)14-5-3-2-4-6-14/h2-10,12,15H,11H2,1H3/t15-/m1/s1. The zero-order valence-corrected chi connectivity index (χ0v) is 11.8. The minimum absolute atomic E-state index is 0.190. The van der Waals surface area contributed by atoms with E-state index in [1.54, 1.807) is 7.11 Å². The number of cyclic esters (lactones) is 1. The Balaban J connectivity index is 1.76. The molecule has 106 valence electrons. The molecule has 3 heteroatoms. The number of carbonyl (C=O) groups is 1. The van der Waals surface area contributed by atoms with Crippen molar-refractivity contribution in [2.75, 3.05) is 7.11 Å². The van der Waals surface area contributed by atoms with Crippen LogP contribution in [-0.4, -0.2) is 13.1 Å². The van der Waals surface area contributed by atoms with E-state index in [2.05, 4.69) is 0 Å². The van der Waals surface area contributed by atoms with E-state index in [0.717, 1.165) is 16.9 Å². The van der Waals surface area contributed by atoms with Crippen molar-refractivity contribution in [2.45, 2.75) is 6.42 Å². The molecule has 0 saturated heterocycles. The van der Waals surface area contributed by atoms with E-state index in [0.29, 0.717) is 12.2 Å². The first-order chi connectivity index (χ1) is 10.3. The summed E-state index contributed by atoms with van der Waals surface area (Å²) in [4.78, 5) is 12.0. The SMILES string of the molecule is COc1ccc(C[C@@H]2C=C(c3ccccc3)OC2=O)cc1.